The lowest BCUT2D eigenvalue weighted by molar-refractivity contribution is -0.114. The van der Waals surface area contributed by atoms with Crippen LogP contribution in [-0.4, -0.2) is 18.2 Å². The molecule has 0 fully saturated rings. The number of rotatable bonds is 3. The molecular formula is C20H16N2O2. The van der Waals surface area contributed by atoms with Gasteiger partial charge in [0.1, 0.15) is 11.3 Å². The fraction of sp³-hybridized carbons (Fsp3) is 0.100. The Balaban J connectivity index is 1.69. The van der Waals surface area contributed by atoms with Crippen LogP contribution >= 0.6 is 0 Å². The number of carbonyl (C=O) groups is 1. The van der Waals surface area contributed by atoms with Crippen LogP contribution in [-0.2, 0) is 9.53 Å². The van der Waals surface area contributed by atoms with Crippen LogP contribution in [0.25, 0.3) is 6.08 Å². The lowest BCUT2D eigenvalue weighted by Gasteiger charge is -2.16. The molecule has 0 spiro atoms. The van der Waals surface area contributed by atoms with Gasteiger partial charge in [-0.15, -0.1) is 0 Å². The van der Waals surface area contributed by atoms with E-state index in [2.05, 4.69) is 5.10 Å². The number of hydrazone groups is 1. The molecule has 2 aromatic carbocycles. The third kappa shape index (κ3) is 2.63. The third-order valence-corrected chi connectivity index (χ3v) is 3.99. The summed E-state index contributed by atoms with van der Waals surface area (Å²) >= 11 is 0. The Morgan fingerprint density at radius 3 is 2.42 bits per heavy atom. The van der Waals surface area contributed by atoms with Gasteiger partial charge >= 0.3 is 0 Å². The number of para-hydroxylation sites is 1. The molecule has 0 aromatic heterocycles. The van der Waals surface area contributed by atoms with Crippen molar-refractivity contribution >= 4 is 23.4 Å². The largest absolute Gasteiger partial charge is 0.492 e. The molecule has 4 nitrogen and oxygen atoms in total. The summed E-state index contributed by atoms with van der Waals surface area (Å²) in [5, 5.41) is 5.95. The summed E-state index contributed by atoms with van der Waals surface area (Å²) in [5.41, 5.74) is 3.19. The van der Waals surface area contributed by atoms with Crippen LogP contribution in [0.2, 0.25) is 0 Å². The predicted octanol–water partition coefficient (Wildman–Crippen LogP) is 3.78. The van der Waals surface area contributed by atoms with E-state index in [-0.39, 0.29) is 5.91 Å². The van der Waals surface area contributed by atoms with Gasteiger partial charge in [-0.05, 0) is 23.8 Å². The standard InChI is InChI=1S/C20H16N2O2/c23-20-19-17(21-22(20)16-9-5-2-6-10-16)13-14-24-18(19)12-11-15-7-3-1-4-8-15/h1-12H,13-14H2. The minimum atomic E-state index is -0.136. The first kappa shape index (κ1) is 14.5. The average Bonchev–Trinajstić information content (AvgIpc) is 2.99. The molecule has 24 heavy (non-hydrogen) atoms. The maximum Gasteiger partial charge on any atom is 0.284 e. The number of anilines is 1. The maximum atomic E-state index is 12.8. The van der Waals surface area contributed by atoms with Crippen molar-refractivity contribution in [3.05, 3.63) is 83.6 Å². The lowest BCUT2D eigenvalue weighted by Crippen LogP contribution is -2.24. The van der Waals surface area contributed by atoms with Gasteiger partial charge in [0, 0.05) is 6.42 Å². The Bertz CT molecular complexity index is 852. The molecule has 118 valence electrons. The van der Waals surface area contributed by atoms with Crippen molar-refractivity contribution in [2.45, 2.75) is 6.42 Å². The lowest BCUT2D eigenvalue weighted by atomic mass is 10.0. The van der Waals surface area contributed by atoms with Crippen molar-refractivity contribution in [2.75, 3.05) is 11.6 Å². The van der Waals surface area contributed by atoms with Gasteiger partial charge in [-0.3, -0.25) is 4.79 Å². The van der Waals surface area contributed by atoms with E-state index in [0.717, 1.165) is 17.0 Å². The number of benzene rings is 2. The number of hydrogen-bond acceptors (Lipinski definition) is 3. The van der Waals surface area contributed by atoms with Crippen molar-refractivity contribution in [1.82, 2.24) is 0 Å². The minimum Gasteiger partial charge on any atom is -0.492 e. The molecule has 0 unspecified atom stereocenters. The molecular weight excluding hydrogens is 300 g/mol. The SMILES string of the molecule is O=C1C2=C(C=Cc3ccccc3)OCCC2=NN1c1ccccc1. The van der Waals surface area contributed by atoms with Crippen LogP contribution < -0.4 is 5.01 Å². The molecule has 0 bridgehead atoms. The number of ether oxygens (including phenoxy) is 1. The van der Waals surface area contributed by atoms with Crippen molar-refractivity contribution in [3.63, 3.8) is 0 Å². The number of nitrogens with zero attached hydrogens (tertiary/aromatic N) is 2. The highest BCUT2D eigenvalue weighted by Crippen LogP contribution is 2.30. The monoisotopic (exact) mass is 316 g/mol. The molecule has 2 aliphatic rings. The Kier molecular flexibility index (Phi) is 3.71. The first-order chi connectivity index (χ1) is 11.8. The highest BCUT2D eigenvalue weighted by molar-refractivity contribution is 6.31. The summed E-state index contributed by atoms with van der Waals surface area (Å²) < 4.78 is 5.73. The van der Waals surface area contributed by atoms with Gasteiger partial charge in [0.15, 0.2) is 0 Å². The first-order valence-corrected chi connectivity index (χ1v) is 7.90. The Hall–Kier alpha value is -3.14. The zero-order chi connectivity index (χ0) is 16.4. The van der Waals surface area contributed by atoms with E-state index in [1.165, 1.54) is 5.01 Å². The minimum absolute atomic E-state index is 0.136. The van der Waals surface area contributed by atoms with Crippen molar-refractivity contribution in [2.24, 2.45) is 5.10 Å². The summed E-state index contributed by atoms with van der Waals surface area (Å²) in [4.78, 5) is 12.8. The fourth-order valence-electron chi connectivity index (χ4n) is 2.81. The maximum absolute atomic E-state index is 12.8. The third-order valence-electron chi connectivity index (χ3n) is 3.99. The molecule has 0 saturated carbocycles. The predicted molar refractivity (Wildman–Crippen MR) is 94.4 cm³/mol. The highest BCUT2D eigenvalue weighted by Gasteiger charge is 2.35. The molecule has 2 aromatic rings. The summed E-state index contributed by atoms with van der Waals surface area (Å²) in [5.74, 6) is 0.455. The van der Waals surface area contributed by atoms with Gasteiger partial charge < -0.3 is 4.74 Å². The van der Waals surface area contributed by atoms with Gasteiger partial charge in [-0.2, -0.15) is 10.1 Å². The van der Waals surface area contributed by atoms with Crippen LogP contribution in [0.3, 0.4) is 0 Å². The van der Waals surface area contributed by atoms with Crippen LogP contribution in [0.1, 0.15) is 12.0 Å². The van der Waals surface area contributed by atoms with Crippen molar-refractivity contribution < 1.29 is 9.53 Å². The summed E-state index contributed by atoms with van der Waals surface area (Å²) in [6.07, 6.45) is 4.45. The molecule has 0 atom stereocenters. The number of allylic oxidation sites excluding steroid dienone is 1. The van der Waals surface area contributed by atoms with Gasteiger partial charge in [-0.25, -0.2) is 0 Å². The quantitative estimate of drug-likeness (QED) is 0.865. The van der Waals surface area contributed by atoms with Gasteiger partial charge in [0.25, 0.3) is 5.91 Å². The molecule has 4 rings (SSSR count). The van der Waals surface area contributed by atoms with Crippen LogP contribution in [0, 0.1) is 0 Å². The van der Waals surface area contributed by atoms with E-state index < -0.39 is 0 Å². The van der Waals surface area contributed by atoms with E-state index in [0.29, 0.717) is 24.4 Å². The summed E-state index contributed by atoms with van der Waals surface area (Å²) in [6, 6.07) is 19.4. The highest BCUT2D eigenvalue weighted by atomic mass is 16.5. The smallest absolute Gasteiger partial charge is 0.284 e. The fourth-order valence-corrected chi connectivity index (χ4v) is 2.81. The molecule has 1 amide bonds. The number of carbonyl (C=O) groups excluding carboxylic acids is 1. The molecule has 0 N–H and O–H groups in total. The molecule has 2 aliphatic heterocycles. The summed E-state index contributed by atoms with van der Waals surface area (Å²) in [7, 11) is 0. The second-order valence-corrected chi connectivity index (χ2v) is 5.58. The zero-order valence-electron chi connectivity index (χ0n) is 13.1. The van der Waals surface area contributed by atoms with E-state index in [9.17, 15) is 4.79 Å². The molecule has 0 saturated heterocycles. The van der Waals surface area contributed by atoms with E-state index in [1.54, 1.807) is 0 Å². The van der Waals surface area contributed by atoms with Gasteiger partial charge in [0.2, 0.25) is 0 Å². The Labute approximate surface area is 140 Å². The van der Waals surface area contributed by atoms with E-state index in [4.69, 9.17) is 4.74 Å². The molecule has 0 aliphatic carbocycles. The molecule has 0 radical (unpaired) electrons. The van der Waals surface area contributed by atoms with Crippen LogP contribution in [0.5, 0.6) is 0 Å². The summed E-state index contributed by atoms with van der Waals surface area (Å²) in [6.45, 7) is 0.534. The van der Waals surface area contributed by atoms with Crippen LogP contribution in [0.15, 0.2) is 83.2 Å². The average molecular weight is 316 g/mol. The van der Waals surface area contributed by atoms with Gasteiger partial charge in [0.05, 0.1) is 18.0 Å². The first-order valence-electron chi connectivity index (χ1n) is 7.90. The van der Waals surface area contributed by atoms with Gasteiger partial charge in [-0.1, -0.05) is 54.6 Å². The molecule has 4 heteroatoms. The Morgan fingerprint density at radius 1 is 0.958 bits per heavy atom. The van der Waals surface area contributed by atoms with Crippen molar-refractivity contribution in [1.29, 1.82) is 0 Å². The van der Waals surface area contributed by atoms with E-state index in [1.807, 2.05) is 72.8 Å². The second kappa shape index (κ2) is 6.16. The topological polar surface area (TPSA) is 41.9 Å². The molecule has 2 heterocycles. The zero-order valence-corrected chi connectivity index (χ0v) is 13.1. The van der Waals surface area contributed by atoms with E-state index >= 15 is 0 Å². The number of hydrogen-bond donors (Lipinski definition) is 0. The second-order valence-electron chi connectivity index (χ2n) is 5.58. The van der Waals surface area contributed by atoms with Crippen LogP contribution in [0.4, 0.5) is 5.69 Å². The Morgan fingerprint density at radius 2 is 1.67 bits per heavy atom. The number of fused-ring (bicyclic) bond motifs is 1. The normalized spacial score (nSPS) is 17.1. The van der Waals surface area contributed by atoms with Crippen molar-refractivity contribution in [3.8, 4) is 0 Å². The number of amides is 1.